The average molecular weight is 371 g/mol. The van der Waals surface area contributed by atoms with Crippen molar-refractivity contribution in [3.63, 3.8) is 0 Å². The van der Waals surface area contributed by atoms with E-state index in [1.807, 2.05) is 0 Å². The molecule has 4 fully saturated rings. The lowest BCUT2D eigenvalue weighted by atomic mass is 9.46. The number of carbonyl (C=O) groups is 1. The van der Waals surface area contributed by atoms with Crippen LogP contribution in [0.5, 0.6) is 0 Å². The van der Waals surface area contributed by atoms with Crippen molar-refractivity contribution in [3.05, 3.63) is 12.2 Å². The Morgan fingerprint density at radius 3 is 2.64 bits per heavy atom. The first-order valence-electron chi connectivity index (χ1n) is 9.07. The number of urea groups is 1. The lowest BCUT2D eigenvalue weighted by molar-refractivity contribution is -0.0370. The van der Waals surface area contributed by atoms with Gasteiger partial charge in [-0.2, -0.15) is 0 Å². The molecule has 4 aliphatic rings. The SMILES string of the molecule is C=C1C(NC(=O)NCC2(OC)CCCS(=O)(=O)C2)C[C@H]2C[C@@H]1C2(C)C. The third kappa shape index (κ3) is 3.45. The lowest BCUT2D eigenvalue weighted by Crippen LogP contribution is -2.59. The van der Waals surface area contributed by atoms with Crippen LogP contribution in [0.3, 0.4) is 0 Å². The number of fused-ring (bicyclic) bond motifs is 2. The molecule has 2 bridgehead atoms. The maximum absolute atomic E-state index is 12.3. The highest BCUT2D eigenvalue weighted by molar-refractivity contribution is 7.91. The molecule has 2 N–H and O–H groups in total. The van der Waals surface area contributed by atoms with Crippen LogP contribution in [-0.2, 0) is 14.6 Å². The number of carbonyl (C=O) groups excluding carboxylic acids is 1. The van der Waals surface area contributed by atoms with Gasteiger partial charge in [-0.05, 0) is 42.9 Å². The number of amides is 2. The second-order valence-electron chi connectivity index (χ2n) is 8.58. The Labute approximate surface area is 150 Å². The van der Waals surface area contributed by atoms with Crippen LogP contribution >= 0.6 is 0 Å². The highest BCUT2D eigenvalue weighted by Crippen LogP contribution is 2.60. The summed E-state index contributed by atoms with van der Waals surface area (Å²) in [7, 11) is -1.60. The molecule has 1 saturated heterocycles. The third-order valence-corrected chi connectivity index (χ3v) is 8.64. The number of ether oxygens (including phenoxy) is 1. The molecule has 142 valence electrons. The number of sulfone groups is 1. The molecule has 0 aromatic rings. The van der Waals surface area contributed by atoms with Crippen LogP contribution in [0.25, 0.3) is 0 Å². The Balaban J connectivity index is 1.54. The molecule has 3 aliphatic carbocycles. The van der Waals surface area contributed by atoms with E-state index in [4.69, 9.17) is 4.74 Å². The van der Waals surface area contributed by atoms with E-state index in [9.17, 15) is 13.2 Å². The van der Waals surface area contributed by atoms with E-state index in [2.05, 4.69) is 31.1 Å². The fraction of sp³-hybridized carbons (Fsp3) is 0.833. The second kappa shape index (κ2) is 6.27. The molecule has 2 unspecified atom stereocenters. The maximum atomic E-state index is 12.3. The van der Waals surface area contributed by atoms with E-state index in [1.165, 1.54) is 13.5 Å². The first-order chi connectivity index (χ1) is 11.6. The molecule has 0 aromatic carbocycles. The van der Waals surface area contributed by atoms with E-state index >= 15 is 0 Å². The quantitative estimate of drug-likeness (QED) is 0.740. The van der Waals surface area contributed by atoms with Gasteiger partial charge in [0.25, 0.3) is 0 Å². The van der Waals surface area contributed by atoms with Crippen LogP contribution in [0, 0.1) is 17.3 Å². The van der Waals surface area contributed by atoms with Gasteiger partial charge in [0, 0.05) is 13.7 Å². The minimum atomic E-state index is -3.11. The van der Waals surface area contributed by atoms with Gasteiger partial charge in [-0.15, -0.1) is 0 Å². The van der Waals surface area contributed by atoms with Crippen molar-refractivity contribution in [1.29, 1.82) is 0 Å². The summed E-state index contributed by atoms with van der Waals surface area (Å²) in [5, 5.41) is 5.83. The van der Waals surface area contributed by atoms with Crippen molar-refractivity contribution in [1.82, 2.24) is 10.6 Å². The minimum Gasteiger partial charge on any atom is -0.375 e. The fourth-order valence-corrected chi connectivity index (χ4v) is 6.75. The smallest absolute Gasteiger partial charge is 0.315 e. The molecule has 1 heterocycles. The summed E-state index contributed by atoms with van der Waals surface area (Å²) in [4.78, 5) is 12.3. The molecule has 0 spiro atoms. The molecule has 7 heteroatoms. The third-order valence-electron chi connectivity index (χ3n) is 6.77. The first-order valence-corrected chi connectivity index (χ1v) is 10.9. The molecular formula is C18H30N2O4S. The molecule has 6 nitrogen and oxygen atoms in total. The highest BCUT2D eigenvalue weighted by Gasteiger charge is 2.54. The topological polar surface area (TPSA) is 84.5 Å². The van der Waals surface area contributed by atoms with Crippen molar-refractivity contribution in [3.8, 4) is 0 Å². The van der Waals surface area contributed by atoms with E-state index < -0.39 is 15.4 Å². The fourth-order valence-electron chi connectivity index (χ4n) is 4.86. The second-order valence-corrected chi connectivity index (χ2v) is 10.8. The van der Waals surface area contributed by atoms with Crippen LogP contribution in [0.15, 0.2) is 12.2 Å². The van der Waals surface area contributed by atoms with E-state index in [1.54, 1.807) is 0 Å². The molecule has 3 saturated carbocycles. The molecular weight excluding hydrogens is 340 g/mol. The molecule has 0 radical (unpaired) electrons. The van der Waals surface area contributed by atoms with Gasteiger partial charge in [-0.25, -0.2) is 13.2 Å². The molecule has 25 heavy (non-hydrogen) atoms. The van der Waals surface area contributed by atoms with Crippen molar-refractivity contribution in [2.75, 3.05) is 25.2 Å². The predicted molar refractivity (Wildman–Crippen MR) is 97.1 cm³/mol. The Kier molecular flexibility index (Phi) is 4.69. The van der Waals surface area contributed by atoms with Crippen molar-refractivity contribution in [2.24, 2.45) is 17.3 Å². The Morgan fingerprint density at radius 2 is 2.08 bits per heavy atom. The minimum absolute atomic E-state index is 0.00496. The van der Waals surface area contributed by atoms with Crippen LogP contribution in [0.2, 0.25) is 0 Å². The molecule has 0 aromatic heterocycles. The van der Waals surface area contributed by atoms with Crippen LogP contribution in [0.1, 0.15) is 39.5 Å². The van der Waals surface area contributed by atoms with Crippen molar-refractivity contribution < 1.29 is 17.9 Å². The number of methoxy groups -OCH3 is 1. The molecule has 4 rings (SSSR count). The zero-order valence-electron chi connectivity index (χ0n) is 15.4. The predicted octanol–water partition coefficient (Wildman–Crippen LogP) is 1.87. The zero-order chi connectivity index (χ0) is 18.5. The molecule has 4 atom stereocenters. The molecule has 2 amide bonds. The van der Waals surface area contributed by atoms with Gasteiger partial charge >= 0.3 is 6.03 Å². The zero-order valence-corrected chi connectivity index (χ0v) is 16.2. The van der Waals surface area contributed by atoms with Gasteiger partial charge in [0.2, 0.25) is 0 Å². The summed E-state index contributed by atoms with van der Waals surface area (Å²) in [6.07, 6.45) is 3.31. The summed E-state index contributed by atoms with van der Waals surface area (Å²) in [6.45, 7) is 8.97. The van der Waals surface area contributed by atoms with Crippen molar-refractivity contribution >= 4 is 15.9 Å². The monoisotopic (exact) mass is 370 g/mol. The number of hydrogen-bond acceptors (Lipinski definition) is 4. The van der Waals surface area contributed by atoms with E-state index in [-0.39, 0.29) is 30.1 Å². The van der Waals surface area contributed by atoms with Gasteiger partial charge in [-0.1, -0.05) is 26.0 Å². The van der Waals surface area contributed by atoms with Gasteiger partial charge < -0.3 is 15.4 Å². The van der Waals surface area contributed by atoms with Crippen LogP contribution in [0.4, 0.5) is 4.79 Å². The lowest BCUT2D eigenvalue weighted by Gasteiger charge is -2.59. The van der Waals surface area contributed by atoms with Crippen LogP contribution < -0.4 is 10.6 Å². The maximum Gasteiger partial charge on any atom is 0.315 e. The number of nitrogens with one attached hydrogen (secondary N) is 2. The standard InChI is InChI=1S/C18H30N2O4S/c1-12-14-8-13(17(14,2)3)9-15(12)20-16(21)19-10-18(24-4)6-5-7-25(22,23)11-18/h13-15H,1,5-11H2,2-4H3,(H2,19,20,21)/t13-,14+,15?,18?/m1/s1. The van der Waals surface area contributed by atoms with Gasteiger partial charge in [0.15, 0.2) is 9.84 Å². The Morgan fingerprint density at radius 1 is 1.36 bits per heavy atom. The van der Waals surface area contributed by atoms with Gasteiger partial charge in [0.05, 0.1) is 23.1 Å². The molecule has 1 aliphatic heterocycles. The average Bonchev–Trinajstić information content (AvgIpc) is 2.53. The van der Waals surface area contributed by atoms with E-state index in [0.717, 1.165) is 12.0 Å². The Bertz CT molecular complexity index is 673. The van der Waals surface area contributed by atoms with Crippen molar-refractivity contribution in [2.45, 2.75) is 51.2 Å². The number of hydrogen-bond donors (Lipinski definition) is 2. The largest absolute Gasteiger partial charge is 0.375 e. The Hall–Kier alpha value is -1.08. The van der Waals surface area contributed by atoms with E-state index in [0.29, 0.717) is 30.1 Å². The highest BCUT2D eigenvalue weighted by atomic mass is 32.2. The summed E-state index contributed by atoms with van der Waals surface area (Å²) in [5.74, 6) is 1.27. The van der Waals surface area contributed by atoms with Crippen LogP contribution in [-0.4, -0.2) is 51.3 Å². The normalized spacial score (nSPS) is 38.5. The first kappa shape index (κ1) is 18.7. The van der Waals surface area contributed by atoms with Gasteiger partial charge in [-0.3, -0.25) is 0 Å². The summed E-state index contributed by atoms with van der Waals surface area (Å²) >= 11 is 0. The van der Waals surface area contributed by atoms with Gasteiger partial charge in [0.1, 0.15) is 0 Å². The summed E-state index contributed by atoms with van der Waals surface area (Å²) in [5.41, 5.74) is 0.592. The number of rotatable bonds is 4. The summed E-state index contributed by atoms with van der Waals surface area (Å²) < 4.78 is 29.3. The summed E-state index contributed by atoms with van der Waals surface area (Å²) in [6, 6.07) is -0.269.